The van der Waals surface area contributed by atoms with Gasteiger partial charge < -0.3 is 14.2 Å². The zero-order valence-electron chi connectivity index (χ0n) is 46.7. The summed E-state index contributed by atoms with van der Waals surface area (Å²) in [6.07, 6.45) is 77.2. The molecule has 6 heteroatoms. The summed E-state index contributed by atoms with van der Waals surface area (Å²) in [4.78, 5) is 38.2. The molecule has 0 aliphatic carbocycles. The first kappa shape index (κ1) is 67.6. The minimum Gasteiger partial charge on any atom is -0.462 e. The topological polar surface area (TPSA) is 78.9 Å². The lowest BCUT2D eigenvalue weighted by Gasteiger charge is -2.18. The third kappa shape index (κ3) is 57.4. The summed E-state index contributed by atoms with van der Waals surface area (Å²) in [7, 11) is 0. The number of rotatable bonds is 54. The second kappa shape index (κ2) is 59.2. The van der Waals surface area contributed by atoms with E-state index in [0.29, 0.717) is 19.3 Å². The van der Waals surface area contributed by atoms with Crippen molar-refractivity contribution < 1.29 is 28.6 Å². The molecule has 6 nitrogen and oxygen atoms in total. The van der Waals surface area contributed by atoms with Crippen LogP contribution in [0.3, 0.4) is 0 Å². The predicted molar refractivity (Wildman–Crippen MR) is 307 cm³/mol. The third-order valence-corrected chi connectivity index (χ3v) is 12.9. The molecular formula is C65H112O6. The van der Waals surface area contributed by atoms with Gasteiger partial charge in [-0.1, -0.05) is 266 Å². The lowest BCUT2D eigenvalue weighted by Crippen LogP contribution is -2.30. The van der Waals surface area contributed by atoms with E-state index in [9.17, 15) is 14.4 Å². The Morgan fingerprint density at radius 3 is 0.986 bits per heavy atom. The van der Waals surface area contributed by atoms with Crippen LogP contribution in [0.1, 0.15) is 290 Å². The molecule has 0 aromatic rings. The van der Waals surface area contributed by atoms with E-state index in [0.717, 1.165) is 103 Å². The highest BCUT2D eigenvalue weighted by atomic mass is 16.6. The highest BCUT2D eigenvalue weighted by Crippen LogP contribution is 2.16. The van der Waals surface area contributed by atoms with Crippen LogP contribution >= 0.6 is 0 Å². The zero-order chi connectivity index (χ0) is 51.4. The van der Waals surface area contributed by atoms with Gasteiger partial charge in [-0.05, 0) is 89.9 Å². The van der Waals surface area contributed by atoms with E-state index >= 15 is 0 Å². The van der Waals surface area contributed by atoms with Gasteiger partial charge in [-0.3, -0.25) is 14.4 Å². The molecule has 0 spiro atoms. The fourth-order valence-electron chi connectivity index (χ4n) is 8.40. The van der Waals surface area contributed by atoms with Crippen LogP contribution in [0.15, 0.2) is 85.1 Å². The summed E-state index contributed by atoms with van der Waals surface area (Å²) in [6, 6.07) is 0. The van der Waals surface area contributed by atoms with Gasteiger partial charge in [0.05, 0.1) is 0 Å². The molecular weight excluding hydrogens is 877 g/mol. The molecule has 0 rings (SSSR count). The molecule has 0 aliphatic rings. The lowest BCUT2D eigenvalue weighted by atomic mass is 10.0. The Balaban J connectivity index is 4.43. The number of unbranched alkanes of at least 4 members (excludes halogenated alkanes) is 30. The molecule has 408 valence electrons. The maximum atomic E-state index is 12.9. The molecule has 0 amide bonds. The van der Waals surface area contributed by atoms with Crippen LogP contribution in [0, 0.1) is 0 Å². The van der Waals surface area contributed by atoms with Gasteiger partial charge in [-0.15, -0.1) is 0 Å². The molecule has 1 atom stereocenters. The Labute approximate surface area is 439 Å². The van der Waals surface area contributed by atoms with Crippen molar-refractivity contribution >= 4 is 17.9 Å². The normalized spacial score (nSPS) is 12.7. The maximum absolute atomic E-state index is 12.9. The number of allylic oxidation sites excluding steroid dienone is 14. The highest BCUT2D eigenvalue weighted by molar-refractivity contribution is 5.71. The van der Waals surface area contributed by atoms with E-state index in [1.54, 1.807) is 0 Å². The first-order chi connectivity index (χ1) is 35.0. The lowest BCUT2D eigenvalue weighted by molar-refractivity contribution is -0.167. The van der Waals surface area contributed by atoms with E-state index in [2.05, 4.69) is 106 Å². The van der Waals surface area contributed by atoms with Crippen molar-refractivity contribution in [3.8, 4) is 0 Å². The number of carbonyl (C=O) groups is 3. The predicted octanol–water partition coefficient (Wildman–Crippen LogP) is 20.3. The number of hydrogen-bond acceptors (Lipinski definition) is 6. The minimum atomic E-state index is -0.795. The fourth-order valence-corrected chi connectivity index (χ4v) is 8.40. The molecule has 0 N–H and O–H groups in total. The van der Waals surface area contributed by atoms with Gasteiger partial charge >= 0.3 is 17.9 Å². The molecule has 0 bridgehead atoms. The first-order valence-corrected chi connectivity index (χ1v) is 30.1. The van der Waals surface area contributed by atoms with E-state index in [1.165, 1.54) is 148 Å². The second-order valence-corrected chi connectivity index (χ2v) is 19.9. The van der Waals surface area contributed by atoms with E-state index in [4.69, 9.17) is 14.2 Å². The van der Waals surface area contributed by atoms with Crippen LogP contribution in [0.4, 0.5) is 0 Å². The molecule has 0 aromatic heterocycles. The molecule has 0 aliphatic heterocycles. The molecule has 0 radical (unpaired) electrons. The minimum absolute atomic E-state index is 0.0915. The Morgan fingerprint density at radius 2 is 0.592 bits per heavy atom. The highest BCUT2D eigenvalue weighted by Gasteiger charge is 2.19. The van der Waals surface area contributed by atoms with Gasteiger partial charge in [0.1, 0.15) is 13.2 Å². The summed E-state index contributed by atoms with van der Waals surface area (Å²) >= 11 is 0. The summed E-state index contributed by atoms with van der Waals surface area (Å²) in [5.74, 6) is -0.924. The summed E-state index contributed by atoms with van der Waals surface area (Å²) in [6.45, 7) is 6.49. The zero-order valence-corrected chi connectivity index (χ0v) is 46.7. The Bertz CT molecular complexity index is 1370. The number of esters is 3. The van der Waals surface area contributed by atoms with Gasteiger partial charge in [0.2, 0.25) is 0 Å². The summed E-state index contributed by atoms with van der Waals surface area (Å²) < 4.78 is 16.9. The third-order valence-electron chi connectivity index (χ3n) is 12.9. The van der Waals surface area contributed by atoms with Crippen LogP contribution in [0.2, 0.25) is 0 Å². The SMILES string of the molecule is CC/C=C\C/C=C\C/C=C\C/C=C\C/C=C\CCCCCC(=O)OCC(COC(=O)CCCCCCCC/C=C\C=C/CCCCC)OC(=O)CCCCCCCCCCCCCCCCCCCCC. The standard InChI is InChI=1S/C65H112O6/c1-4-7-10-13-16-19-22-25-28-30-32-34-37-40-43-46-49-52-55-58-64(67)70-61-62(60-69-63(66)57-54-51-48-45-42-39-36-27-24-21-18-15-12-9-6-3)71-65(68)59-56-53-50-47-44-41-38-35-33-31-29-26-23-20-17-14-11-8-5-2/h7,10,16,18-19,21,24-25,27-28,32,34,40,43,62H,4-6,8-9,11-15,17,20,22-23,26,29-31,33,35-39,41-42,44-61H2,1-3H3/b10-7-,19-16-,21-18-,27-24-,28-25-,34-32-,43-40-. The molecule has 71 heavy (non-hydrogen) atoms. The fraction of sp³-hybridized carbons (Fsp3) is 0.738. The van der Waals surface area contributed by atoms with Crippen molar-refractivity contribution in [2.75, 3.05) is 13.2 Å². The Kier molecular flexibility index (Phi) is 56.3. The average molecular weight is 990 g/mol. The van der Waals surface area contributed by atoms with Crippen LogP contribution < -0.4 is 0 Å². The Hall–Kier alpha value is -3.41. The summed E-state index contributed by atoms with van der Waals surface area (Å²) in [5, 5.41) is 0. The van der Waals surface area contributed by atoms with Crippen molar-refractivity contribution in [2.45, 2.75) is 297 Å². The molecule has 0 fully saturated rings. The molecule has 0 saturated carbocycles. The van der Waals surface area contributed by atoms with E-state index in [1.807, 2.05) is 0 Å². The average Bonchev–Trinajstić information content (AvgIpc) is 3.37. The van der Waals surface area contributed by atoms with Gasteiger partial charge in [-0.25, -0.2) is 0 Å². The second-order valence-electron chi connectivity index (χ2n) is 19.9. The molecule has 0 aromatic carbocycles. The van der Waals surface area contributed by atoms with Crippen molar-refractivity contribution in [2.24, 2.45) is 0 Å². The number of ether oxygens (including phenoxy) is 3. The largest absolute Gasteiger partial charge is 0.462 e. The van der Waals surface area contributed by atoms with Crippen LogP contribution in [0.25, 0.3) is 0 Å². The molecule has 1 unspecified atom stereocenters. The molecule has 0 saturated heterocycles. The van der Waals surface area contributed by atoms with E-state index in [-0.39, 0.29) is 31.1 Å². The number of carbonyl (C=O) groups excluding carboxylic acids is 3. The van der Waals surface area contributed by atoms with Crippen molar-refractivity contribution in [3.05, 3.63) is 85.1 Å². The first-order valence-electron chi connectivity index (χ1n) is 30.1. The van der Waals surface area contributed by atoms with E-state index < -0.39 is 6.10 Å². The van der Waals surface area contributed by atoms with Crippen LogP contribution in [-0.4, -0.2) is 37.2 Å². The van der Waals surface area contributed by atoms with Gasteiger partial charge in [0, 0.05) is 19.3 Å². The van der Waals surface area contributed by atoms with Crippen molar-refractivity contribution in [1.29, 1.82) is 0 Å². The Morgan fingerprint density at radius 1 is 0.310 bits per heavy atom. The van der Waals surface area contributed by atoms with Crippen molar-refractivity contribution in [3.63, 3.8) is 0 Å². The quantitative estimate of drug-likeness (QED) is 0.0199. The monoisotopic (exact) mass is 989 g/mol. The van der Waals surface area contributed by atoms with Crippen LogP contribution in [0.5, 0.6) is 0 Å². The number of hydrogen-bond donors (Lipinski definition) is 0. The van der Waals surface area contributed by atoms with Gasteiger partial charge in [-0.2, -0.15) is 0 Å². The molecule has 0 heterocycles. The smallest absolute Gasteiger partial charge is 0.306 e. The summed E-state index contributed by atoms with van der Waals surface area (Å²) in [5.41, 5.74) is 0. The van der Waals surface area contributed by atoms with Crippen LogP contribution in [-0.2, 0) is 28.6 Å². The van der Waals surface area contributed by atoms with Gasteiger partial charge in [0.25, 0.3) is 0 Å². The van der Waals surface area contributed by atoms with Gasteiger partial charge in [0.15, 0.2) is 6.10 Å². The maximum Gasteiger partial charge on any atom is 0.306 e. The van der Waals surface area contributed by atoms with Crippen molar-refractivity contribution in [1.82, 2.24) is 0 Å².